The number of aryl methyl sites for hydroxylation is 1. The summed E-state index contributed by atoms with van der Waals surface area (Å²) in [6.07, 6.45) is 0. The highest BCUT2D eigenvalue weighted by Crippen LogP contribution is 2.30. The third kappa shape index (κ3) is 3.87. The number of rotatable bonds is 2. The van der Waals surface area contributed by atoms with Crippen molar-refractivity contribution in [2.75, 3.05) is 31.1 Å². The summed E-state index contributed by atoms with van der Waals surface area (Å²) in [4.78, 5) is 12.0. The van der Waals surface area contributed by atoms with Crippen molar-refractivity contribution in [2.45, 2.75) is 6.92 Å². The van der Waals surface area contributed by atoms with Gasteiger partial charge in [-0.3, -0.25) is 0 Å². The minimum atomic E-state index is 0. The molecule has 2 aromatic carbocycles. The Bertz CT molecular complexity index is 848. The van der Waals surface area contributed by atoms with E-state index in [1.165, 1.54) is 11.1 Å². The zero-order chi connectivity index (χ0) is 15.6. The first kappa shape index (κ1) is 19.4. The molecule has 0 saturated carbocycles. The number of nitrogens with one attached hydrogen (secondary N) is 1. The zero-order valence-electron chi connectivity index (χ0n) is 14.1. The van der Waals surface area contributed by atoms with Gasteiger partial charge in [0.1, 0.15) is 0 Å². The molecule has 4 nitrogen and oxygen atoms in total. The van der Waals surface area contributed by atoms with Crippen molar-refractivity contribution in [3.05, 3.63) is 54.1 Å². The SMILES string of the molecule is Cc1ccccc1-c1nc(N2CCNCC2)nc2ccccc12.Cl.Cl. The molecule has 0 spiro atoms. The number of para-hydroxylation sites is 1. The molecular formula is C19H22Cl2N4. The number of aromatic nitrogens is 2. The second-order valence-corrected chi connectivity index (χ2v) is 5.94. The molecule has 2 heterocycles. The molecule has 0 bridgehead atoms. The van der Waals surface area contributed by atoms with Crippen molar-refractivity contribution in [1.82, 2.24) is 15.3 Å². The van der Waals surface area contributed by atoms with E-state index < -0.39 is 0 Å². The van der Waals surface area contributed by atoms with Crippen LogP contribution in [0, 0.1) is 6.92 Å². The first-order chi connectivity index (χ1) is 11.3. The fourth-order valence-electron chi connectivity index (χ4n) is 3.11. The van der Waals surface area contributed by atoms with E-state index in [1.807, 2.05) is 6.07 Å². The molecule has 1 saturated heterocycles. The zero-order valence-corrected chi connectivity index (χ0v) is 15.7. The van der Waals surface area contributed by atoms with Crippen LogP contribution in [0.5, 0.6) is 0 Å². The molecule has 0 amide bonds. The van der Waals surface area contributed by atoms with Gasteiger partial charge in [-0.2, -0.15) is 0 Å². The van der Waals surface area contributed by atoms with Crippen LogP contribution in [0.1, 0.15) is 5.56 Å². The van der Waals surface area contributed by atoms with Gasteiger partial charge in [0.25, 0.3) is 0 Å². The Kier molecular flexibility index (Phi) is 6.59. The molecule has 0 radical (unpaired) electrons. The number of nitrogens with zero attached hydrogens (tertiary/aromatic N) is 3. The van der Waals surface area contributed by atoms with E-state index in [4.69, 9.17) is 9.97 Å². The first-order valence-corrected chi connectivity index (χ1v) is 8.11. The Labute approximate surface area is 160 Å². The lowest BCUT2D eigenvalue weighted by Crippen LogP contribution is -2.44. The monoisotopic (exact) mass is 376 g/mol. The third-order valence-electron chi connectivity index (χ3n) is 4.39. The van der Waals surface area contributed by atoms with Crippen LogP contribution in [0.3, 0.4) is 0 Å². The molecule has 0 atom stereocenters. The highest BCUT2D eigenvalue weighted by atomic mass is 35.5. The second kappa shape index (κ2) is 8.48. The van der Waals surface area contributed by atoms with Crippen molar-refractivity contribution in [3.63, 3.8) is 0 Å². The quantitative estimate of drug-likeness (QED) is 0.737. The predicted octanol–water partition coefficient (Wildman–Crippen LogP) is 3.86. The summed E-state index contributed by atoms with van der Waals surface area (Å²) in [6.45, 7) is 6.00. The van der Waals surface area contributed by atoms with Gasteiger partial charge in [0, 0.05) is 37.1 Å². The standard InChI is InChI=1S/C19H20N4.2ClH/c1-14-6-2-3-7-15(14)18-16-8-4-5-9-17(16)21-19(22-18)23-12-10-20-11-13-23;;/h2-9,20H,10-13H2,1H3;2*1H. The van der Waals surface area contributed by atoms with Gasteiger partial charge in [-0.15, -0.1) is 24.8 Å². The average molecular weight is 377 g/mol. The number of piperazine rings is 1. The van der Waals surface area contributed by atoms with Gasteiger partial charge in [-0.1, -0.05) is 42.5 Å². The Morgan fingerprint density at radius 1 is 0.880 bits per heavy atom. The molecule has 6 heteroatoms. The minimum absolute atomic E-state index is 0. The molecule has 1 fully saturated rings. The van der Waals surface area contributed by atoms with E-state index in [0.717, 1.165) is 48.7 Å². The molecule has 1 aromatic heterocycles. The van der Waals surface area contributed by atoms with Gasteiger partial charge in [0.05, 0.1) is 11.2 Å². The molecule has 1 aliphatic rings. The van der Waals surface area contributed by atoms with Crippen LogP contribution in [0.2, 0.25) is 0 Å². The fraction of sp³-hybridized carbons (Fsp3) is 0.263. The molecule has 3 aromatic rings. The lowest BCUT2D eigenvalue weighted by atomic mass is 10.0. The number of hydrogen-bond donors (Lipinski definition) is 1. The van der Waals surface area contributed by atoms with Crippen LogP contribution >= 0.6 is 24.8 Å². The first-order valence-electron chi connectivity index (χ1n) is 8.11. The lowest BCUT2D eigenvalue weighted by Gasteiger charge is -2.28. The number of fused-ring (bicyclic) bond motifs is 1. The van der Waals surface area contributed by atoms with E-state index in [9.17, 15) is 0 Å². The van der Waals surface area contributed by atoms with E-state index in [1.54, 1.807) is 0 Å². The van der Waals surface area contributed by atoms with Crippen molar-refractivity contribution < 1.29 is 0 Å². The fourth-order valence-corrected chi connectivity index (χ4v) is 3.11. The summed E-state index contributed by atoms with van der Waals surface area (Å²) in [7, 11) is 0. The van der Waals surface area contributed by atoms with Gasteiger partial charge in [-0.05, 0) is 18.6 Å². The lowest BCUT2D eigenvalue weighted by molar-refractivity contribution is 0.581. The van der Waals surface area contributed by atoms with Crippen molar-refractivity contribution in [1.29, 1.82) is 0 Å². The highest BCUT2D eigenvalue weighted by Gasteiger charge is 2.17. The molecule has 1 N–H and O–H groups in total. The largest absolute Gasteiger partial charge is 0.338 e. The topological polar surface area (TPSA) is 41.1 Å². The van der Waals surface area contributed by atoms with Crippen molar-refractivity contribution in [3.8, 4) is 11.3 Å². The maximum absolute atomic E-state index is 4.94. The van der Waals surface area contributed by atoms with Gasteiger partial charge in [-0.25, -0.2) is 9.97 Å². The Hall–Kier alpha value is -1.88. The molecule has 4 rings (SSSR count). The number of anilines is 1. The summed E-state index contributed by atoms with van der Waals surface area (Å²) in [6, 6.07) is 16.7. The van der Waals surface area contributed by atoms with Crippen LogP contribution in [-0.4, -0.2) is 36.1 Å². The maximum Gasteiger partial charge on any atom is 0.226 e. The van der Waals surface area contributed by atoms with Crippen molar-refractivity contribution in [2.24, 2.45) is 0 Å². The second-order valence-electron chi connectivity index (χ2n) is 5.94. The molecular weight excluding hydrogens is 355 g/mol. The third-order valence-corrected chi connectivity index (χ3v) is 4.39. The number of hydrogen-bond acceptors (Lipinski definition) is 4. The van der Waals surface area contributed by atoms with E-state index in [0.29, 0.717) is 0 Å². The summed E-state index contributed by atoms with van der Waals surface area (Å²) in [5.74, 6) is 0.837. The van der Waals surface area contributed by atoms with Crippen LogP contribution in [0.15, 0.2) is 48.5 Å². The van der Waals surface area contributed by atoms with Gasteiger partial charge in [0.2, 0.25) is 5.95 Å². The molecule has 0 unspecified atom stereocenters. The summed E-state index contributed by atoms with van der Waals surface area (Å²) >= 11 is 0. The van der Waals surface area contributed by atoms with Gasteiger partial charge < -0.3 is 10.2 Å². The minimum Gasteiger partial charge on any atom is -0.338 e. The molecule has 0 aliphatic carbocycles. The summed E-state index contributed by atoms with van der Waals surface area (Å²) < 4.78 is 0. The van der Waals surface area contributed by atoms with Gasteiger partial charge >= 0.3 is 0 Å². The average Bonchev–Trinajstić information content (AvgIpc) is 2.62. The summed E-state index contributed by atoms with van der Waals surface area (Å²) in [5, 5.41) is 4.49. The maximum atomic E-state index is 4.94. The van der Waals surface area contributed by atoms with Crippen LogP contribution < -0.4 is 10.2 Å². The highest BCUT2D eigenvalue weighted by molar-refractivity contribution is 5.93. The van der Waals surface area contributed by atoms with E-state index in [2.05, 4.69) is 59.6 Å². The van der Waals surface area contributed by atoms with Crippen molar-refractivity contribution >= 4 is 41.7 Å². The Morgan fingerprint density at radius 2 is 1.56 bits per heavy atom. The number of halogens is 2. The number of benzene rings is 2. The molecule has 25 heavy (non-hydrogen) atoms. The van der Waals surface area contributed by atoms with Gasteiger partial charge in [0.15, 0.2) is 0 Å². The molecule has 132 valence electrons. The van der Waals surface area contributed by atoms with Crippen LogP contribution in [0.4, 0.5) is 5.95 Å². The van der Waals surface area contributed by atoms with E-state index >= 15 is 0 Å². The Morgan fingerprint density at radius 3 is 2.32 bits per heavy atom. The van der Waals surface area contributed by atoms with Crippen LogP contribution in [0.25, 0.3) is 22.2 Å². The van der Waals surface area contributed by atoms with Crippen LogP contribution in [-0.2, 0) is 0 Å². The smallest absolute Gasteiger partial charge is 0.226 e. The predicted molar refractivity (Wildman–Crippen MR) is 109 cm³/mol. The van der Waals surface area contributed by atoms with E-state index in [-0.39, 0.29) is 24.8 Å². The normalized spacial score (nSPS) is 13.9. The Balaban J connectivity index is 0.00000113. The summed E-state index contributed by atoms with van der Waals surface area (Å²) in [5.41, 5.74) is 4.46. The molecule has 1 aliphatic heterocycles.